The van der Waals surface area contributed by atoms with Crippen LogP contribution in [0.25, 0.3) is 10.9 Å². The van der Waals surface area contributed by atoms with E-state index in [2.05, 4.69) is 45.5 Å². The minimum Gasteiger partial charge on any atom is -0.361 e. The molecule has 27 heavy (non-hydrogen) atoms. The summed E-state index contributed by atoms with van der Waals surface area (Å²) in [6, 6.07) is 17.1. The molecule has 0 atom stereocenters. The first-order chi connectivity index (χ1) is 13.3. The van der Waals surface area contributed by atoms with Gasteiger partial charge in [-0.2, -0.15) is 0 Å². The summed E-state index contributed by atoms with van der Waals surface area (Å²) in [5, 5.41) is 4.36. The predicted molar refractivity (Wildman–Crippen MR) is 108 cm³/mol. The van der Waals surface area contributed by atoms with E-state index in [0.29, 0.717) is 6.04 Å². The highest BCUT2D eigenvalue weighted by Crippen LogP contribution is 2.28. The number of H-pyrrole nitrogens is 1. The van der Waals surface area contributed by atoms with E-state index in [-0.39, 0.29) is 6.03 Å². The van der Waals surface area contributed by atoms with Crippen LogP contribution in [0.15, 0.2) is 54.7 Å². The van der Waals surface area contributed by atoms with Gasteiger partial charge < -0.3 is 15.2 Å². The average Bonchev–Trinajstić information content (AvgIpc) is 3.18. The number of nitrogens with zero attached hydrogens (tertiary/aromatic N) is 2. The maximum Gasteiger partial charge on any atom is 0.322 e. The number of urea groups is 1. The van der Waals surface area contributed by atoms with Crippen LogP contribution in [0.1, 0.15) is 24.0 Å². The Bertz CT molecular complexity index is 971. The van der Waals surface area contributed by atoms with Gasteiger partial charge in [0.15, 0.2) is 0 Å². The molecule has 0 spiro atoms. The van der Waals surface area contributed by atoms with Crippen molar-refractivity contribution in [1.82, 2.24) is 14.8 Å². The molecule has 3 heterocycles. The molecule has 0 aliphatic carbocycles. The topological polar surface area (TPSA) is 51.4 Å². The average molecular weight is 360 g/mol. The van der Waals surface area contributed by atoms with Gasteiger partial charge in [0.25, 0.3) is 0 Å². The first-order valence-electron chi connectivity index (χ1n) is 9.71. The van der Waals surface area contributed by atoms with E-state index < -0.39 is 0 Å². The number of hydrogen-bond acceptors (Lipinski definition) is 2. The van der Waals surface area contributed by atoms with Gasteiger partial charge in [-0.15, -0.1) is 0 Å². The zero-order valence-electron chi connectivity index (χ0n) is 15.3. The number of amides is 2. The number of rotatable bonds is 3. The Balaban J connectivity index is 1.24. The second kappa shape index (κ2) is 6.74. The molecule has 0 bridgehead atoms. The van der Waals surface area contributed by atoms with E-state index >= 15 is 0 Å². The molecule has 1 aromatic heterocycles. The van der Waals surface area contributed by atoms with Crippen LogP contribution in [0.2, 0.25) is 0 Å². The highest BCUT2D eigenvalue weighted by Gasteiger charge is 2.31. The normalized spacial score (nSPS) is 18.5. The molecular formula is C22H24N4O. The van der Waals surface area contributed by atoms with E-state index in [0.717, 1.165) is 44.7 Å². The van der Waals surface area contributed by atoms with Crippen molar-refractivity contribution >= 4 is 22.6 Å². The molecule has 0 radical (unpaired) electrons. The van der Waals surface area contributed by atoms with Gasteiger partial charge in [0.05, 0.1) is 0 Å². The number of anilines is 1. The van der Waals surface area contributed by atoms with E-state index in [1.54, 1.807) is 0 Å². The fourth-order valence-electron chi connectivity index (χ4n) is 4.44. The van der Waals surface area contributed by atoms with Gasteiger partial charge in [-0.25, -0.2) is 4.79 Å². The summed E-state index contributed by atoms with van der Waals surface area (Å²) in [7, 11) is 0. The number of aromatic amines is 1. The van der Waals surface area contributed by atoms with Crippen molar-refractivity contribution in [3.63, 3.8) is 0 Å². The van der Waals surface area contributed by atoms with Gasteiger partial charge in [0.1, 0.15) is 0 Å². The molecule has 138 valence electrons. The molecule has 0 saturated carbocycles. The Morgan fingerprint density at radius 1 is 1.00 bits per heavy atom. The third-order valence-corrected chi connectivity index (χ3v) is 5.94. The van der Waals surface area contributed by atoms with E-state index in [4.69, 9.17) is 0 Å². The number of aromatic nitrogens is 1. The zero-order valence-corrected chi connectivity index (χ0v) is 15.3. The molecule has 2 N–H and O–H groups in total. The maximum atomic E-state index is 12.5. The van der Waals surface area contributed by atoms with Crippen molar-refractivity contribution in [2.75, 3.05) is 18.4 Å². The molecule has 2 aliphatic heterocycles. The fourth-order valence-corrected chi connectivity index (χ4v) is 4.44. The summed E-state index contributed by atoms with van der Waals surface area (Å²) in [4.78, 5) is 20.4. The van der Waals surface area contributed by atoms with Crippen LogP contribution in [-0.4, -0.2) is 39.9 Å². The number of nitrogens with one attached hydrogen (secondary N) is 2. The van der Waals surface area contributed by atoms with Gasteiger partial charge in [-0.3, -0.25) is 4.90 Å². The van der Waals surface area contributed by atoms with Gasteiger partial charge in [0.2, 0.25) is 0 Å². The molecule has 0 unspecified atom stereocenters. The van der Waals surface area contributed by atoms with E-state index in [1.807, 2.05) is 29.3 Å². The lowest BCUT2D eigenvalue weighted by Gasteiger charge is -2.40. The molecule has 2 aromatic carbocycles. The molecule has 1 fully saturated rings. The molecule has 3 aromatic rings. The minimum atomic E-state index is 0.0456. The van der Waals surface area contributed by atoms with Crippen LogP contribution in [0, 0.1) is 0 Å². The van der Waals surface area contributed by atoms with Gasteiger partial charge in [-0.1, -0.05) is 30.3 Å². The lowest BCUT2D eigenvalue weighted by molar-refractivity contribution is 0.118. The summed E-state index contributed by atoms with van der Waals surface area (Å²) in [5.41, 5.74) is 4.73. The van der Waals surface area contributed by atoms with Crippen molar-refractivity contribution in [2.45, 2.75) is 32.0 Å². The number of likely N-dealkylation sites (tertiary alicyclic amines) is 1. The molecule has 1 saturated heterocycles. The Morgan fingerprint density at radius 2 is 1.85 bits per heavy atom. The first-order valence-corrected chi connectivity index (χ1v) is 9.71. The van der Waals surface area contributed by atoms with Crippen molar-refractivity contribution in [2.24, 2.45) is 0 Å². The number of hydrogen-bond donors (Lipinski definition) is 2. The van der Waals surface area contributed by atoms with Crippen LogP contribution in [-0.2, 0) is 13.1 Å². The van der Waals surface area contributed by atoms with Crippen LogP contribution in [0.3, 0.4) is 0 Å². The summed E-state index contributed by atoms with van der Waals surface area (Å²) in [6.45, 7) is 3.74. The van der Waals surface area contributed by atoms with Crippen molar-refractivity contribution in [3.8, 4) is 0 Å². The van der Waals surface area contributed by atoms with Crippen LogP contribution >= 0.6 is 0 Å². The van der Waals surface area contributed by atoms with Crippen molar-refractivity contribution in [3.05, 3.63) is 65.9 Å². The van der Waals surface area contributed by atoms with Gasteiger partial charge in [0, 0.05) is 55.0 Å². The summed E-state index contributed by atoms with van der Waals surface area (Å²) in [5.74, 6) is 0. The largest absolute Gasteiger partial charge is 0.361 e. The molecule has 2 amide bonds. The molecular weight excluding hydrogens is 336 g/mol. The molecule has 5 nitrogen and oxygen atoms in total. The minimum absolute atomic E-state index is 0.0456. The van der Waals surface area contributed by atoms with Crippen LogP contribution in [0.5, 0.6) is 0 Å². The monoisotopic (exact) mass is 360 g/mol. The summed E-state index contributed by atoms with van der Waals surface area (Å²) < 4.78 is 0. The third-order valence-electron chi connectivity index (χ3n) is 5.94. The predicted octanol–water partition coefficient (Wildman–Crippen LogP) is 4.18. The van der Waals surface area contributed by atoms with Crippen LogP contribution < -0.4 is 5.32 Å². The smallest absolute Gasteiger partial charge is 0.322 e. The number of piperidine rings is 1. The SMILES string of the molecule is O=C1Nc2ccccc2CN1C1CCN(Cc2cccc3[nH]ccc23)CC1. The number of carbonyl (C=O) groups is 1. The summed E-state index contributed by atoms with van der Waals surface area (Å²) >= 11 is 0. The van der Waals surface area contributed by atoms with Gasteiger partial charge >= 0.3 is 6.03 Å². The molecule has 5 heteroatoms. The quantitative estimate of drug-likeness (QED) is 0.736. The number of benzene rings is 2. The lowest BCUT2D eigenvalue weighted by atomic mass is 10.00. The second-order valence-electron chi connectivity index (χ2n) is 7.58. The Kier molecular flexibility index (Phi) is 4.09. The van der Waals surface area contributed by atoms with Gasteiger partial charge in [-0.05, 0) is 42.2 Å². The highest BCUT2D eigenvalue weighted by molar-refractivity contribution is 5.92. The Morgan fingerprint density at radius 3 is 2.74 bits per heavy atom. The number of para-hydroxylation sites is 1. The Labute approximate surface area is 159 Å². The van der Waals surface area contributed by atoms with E-state index in [1.165, 1.54) is 22.0 Å². The molecule has 2 aliphatic rings. The standard InChI is InChI=1S/C22H24N4O/c27-22-24-20-6-2-1-4-17(20)15-26(22)18-9-12-25(13-10-18)14-16-5-3-7-21-19(16)8-11-23-21/h1-8,11,18,23H,9-10,12-15H2,(H,24,27). The highest BCUT2D eigenvalue weighted by atomic mass is 16.2. The van der Waals surface area contributed by atoms with E-state index in [9.17, 15) is 4.79 Å². The Hall–Kier alpha value is -2.79. The maximum absolute atomic E-state index is 12.5. The lowest BCUT2D eigenvalue weighted by Crippen LogP contribution is -2.50. The number of carbonyl (C=O) groups excluding carboxylic acids is 1. The molecule has 5 rings (SSSR count). The van der Waals surface area contributed by atoms with Crippen molar-refractivity contribution < 1.29 is 4.79 Å². The third kappa shape index (κ3) is 3.08. The number of fused-ring (bicyclic) bond motifs is 2. The zero-order chi connectivity index (χ0) is 18.2. The summed E-state index contributed by atoms with van der Waals surface area (Å²) in [6.07, 6.45) is 4.06. The first kappa shape index (κ1) is 16.4. The van der Waals surface area contributed by atoms with Crippen LogP contribution in [0.4, 0.5) is 10.5 Å². The second-order valence-corrected chi connectivity index (χ2v) is 7.58. The fraction of sp³-hybridized carbons (Fsp3) is 0.318. The van der Waals surface area contributed by atoms with Crippen molar-refractivity contribution in [1.29, 1.82) is 0 Å².